The van der Waals surface area contributed by atoms with Crippen LogP contribution in [0, 0.1) is 0 Å². The second-order valence-corrected chi connectivity index (χ2v) is 12.1. The van der Waals surface area contributed by atoms with Crippen molar-refractivity contribution in [3.05, 3.63) is 126 Å². The summed E-state index contributed by atoms with van der Waals surface area (Å²) >= 11 is 6.87. The lowest BCUT2D eigenvalue weighted by molar-refractivity contribution is -0.131. The highest BCUT2D eigenvalue weighted by molar-refractivity contribution is 8.00. The smallest absolute Gasteiger partial charge is 0.244 e. The number of aromatic nitrogens is 2. The number of carbonyl (C=O) groups is 5. The number of imidazole rings is 1. The highest BCUT2D eigenvalue weighted by Crippen LogP contribution is 2.48. The van der Waals surface area contributed by atoms with Crippen LogP contribution < -0.4 is 27.0 Å². The first-order valence-corrected chi connectivity index (χ1v) is 16.5. The molecule has 4 aromatic rings. The number of nitrogens with zero attached hydrogens (tertiary/aromatic N) is 1. The van der Waals surface area contributed by atoms with Gasteiger partial charge in [0.05, 0.1) is 24.2 Å². The minimum absolute atomic E-state index is 0.0471. The second kappa shape index (κ2) is 17.7. The van der Waals surface area contributed by atoms with Gasteiger partial charge in [-0.1, -0.05) is 91.0 Å². The Morgan fingerprint density at radius 1 is 0.750 bits per heavy atom. The molecule has 7 N–H and O–H groups in total. The van der Waals surface area contributed by atoms with Gasteiger partial charge in [0, 0.05) is 24.1 Å². The first-order chi connectivity index (χ1) is 23.2. The summed E-state index contributed by atoms with van der Waals surface area (Å²) in [6.07, 6.45) is 3.02. The number of nitrogens with one attached hydrogen (secondary N) is 5. The molecular formula is C34H36ClN7O5S. The lowest BCUT2D eigenvalue weighted by Gasteiger charge is -2.36. The molecule has 0 unspecified atom stereocenters. The van der Waals surface area contributed by atoms with E-state index in [9.17, 15) is 24.0 Å². The van der Waals surface area contributed by atoms with E-state index in [-0.39, 0.29) is 24.6 Å². The van der Waals surface area contributed by atoms with Gasteiger partial charge in [-0.25, -0.2) is 4.98 Å². The summed E-state index contributed by atoms with van der Waals surface area (Å²) in [5.41, 5.74) is 9.06. The monoisotopic (exact) mass is 689 g/mol. The van der Waals surface area contributed by atoms with E-state index in [2.05, 4.69) is 31.2 Å². The summed E-state index contributed by atoms with van der Waals surface area (Å²) in [6, 6.07) is 27.2. The average Bonchev–Trinajstić information content (AvgIpc) is 3.63. The number of alkyl halides is 1. The van der Waals surface area contributed by atoms with E-state index in [0.717, 1.165) is 16.7 Å². The number of thioether (sulfide) groups is 1. The molecule has 4 rings (SSSR count). The minimum Gasteiger partial charge on any atom is -0.368 e. The van der Waals surface area contributed by atoms with Gasteiger partial charge in [-0.15, -0.1) is 23.4 Å². The number of halogens is 1. The Balaban J connectivity index is 1.64. The first-order valence-electron chi connectivity index (χ1n) is 15.0. The zero-order valence-corrected chi connectivity index (χ0v) is 27.4. The third-order valence-electron chi connectivity index (χ3n) is 7.31. The van der Waals surface area contributed by atoms with Crippen LogP contribution in [0.3, 0.4) is 0 Å². The quantitative estimate of drug-likeness (QED) is 0.0717. The molecule has 0 aliphatic carbocycles. The number of benzene rings is 3. The van der Waals surface area contributed by atoms with Gasteiger partial charge >= 0.3 is 0 Å². The van der Waals surface area contributed by atoms with Gasteiger partial charge < -0.3 is 32.0 Å². The lowest BCUT2D eigenvalue weighted by atomic mass is 9.84. The van der Waals surface area contributed by atoms with Crippen LogP contribution in [-0.2, 0) is 35.1 Å². The van der Waals surface area contributed by atoms with E-state index in [0.29, 0.717) is 5.69 Å². The number of H-pyrrole nitrogens is 1. The molecule has 250 valence electrons. The van der Waals surface area contributed by atoms with Gasteiger partial charge in [0.25, 0.3) is 0 Å². The molecule has 1 heterocycles. The summed E-state index contributed by atoms with van der Waals surface area (Å²) in [4.78, 5) is 69.8. The van der Waals surface area contributed by atoms with Crippen LogP contribution in [0.1, 0.15) is 22.4 Å². The average molecular weight is 690 g/mol. The molecule has 12 nitrogen and oxygen atoms in total. The van der Waals surface area contributed by atoms with Gasteiger partial charge in [-0.3, -0.25) is 24.0 Å². The van der Waals surface area contributed by atoms with Gasteiger partial charge in [0.2, 0.25) is 29.5 Å². The third-order valence-corrected chi connectivity index (χ3v) is 9.19. The van der Waals surface area contributed by atoms with Crippen molar-refractivity contribution in [1.29, 1.82) is 0 Å². The molecule has 0 fully saturated rings. The molecule has 0 radical (unpaired) electrons. The zero-order chi connectivity index (χ0) is 34.4. The summed E-state index contributed by atoms with van der Waals surface area (Å²) in [5.74, 6) is -3.51. The Kier molecular flexibility index (Phi) is 13.2. The van der Waals surface area contributed by atoms with Crippen molar-refractivity contribution in [2.75, 3.05) is 24.7 Å². The van der Waals surface area contributed by atoms with Crippen LogP contribution in [0.5, 0.6) is 0 Å². The van der Waals surface area contributed by atoms with Crippen LogP contribution in [0.2, 0.25) is 0 Å². The van der Waals surface area contributed by atoms with Crippen LogP contribution in [0.15, 0.2) is 104 Å². The van der Waals surface area contributed by atoms with Gasteiger partial charge in [0.15, 0.2) is 0 Å². The Morgan fingerprint density at radius 3 is 1.75 bits per heavy atom. The Morgan fingerprint density at radius 2 is 1.27 bits per heavy atom. The molecule has 0 bridgehead atoms. The Bertz CT molecular complexity index is 1560. The highest BCUT2D eigenvalue weighted by Gasteiger charge is 2.39. The normalized spacial score (nSPS) is 12.3. The highest BCUT2D eigenvalue weighted by atomic mass is 35.5. The van der Waals surface area contributed by atoms with Crippen LogP contribution >= 0.6 is 23.4 Å². The second-order valence-electron chi connectivity index (χ2n) is 10.6. The number of primary amides is 1. The molecule has 48 heavy (non-hydrogen) atoms. The molecule has 1 aromatic heterocycles. The topological polar surface area (TPSA) is 188 Å². The van der Waals surface area contributed by atoms with Crippen molar-refractivity contribution in [1.82, 2.24) is 31.2 Å². The molecule has 3 aromatic carbocycles. The molecule has 0 saturated carbocycles. The van der Waals surface area contributed by atoms with Crippen molar-refractivity contribution in [3.63, 3.8) is 0 Å². The van der Waals surface area contributed by atoms with Crippen LogP contribution in [0.25, 0.3) is 0 Å². The number of hydrogen-bond acceptors (Lipinski definition) is 7. The van der Waals surface area contributed by atoms with E-state index >= 15 is 0 Å². The van der Waals surface area contributed by atoms with Gasteiger partial charge in [0.1, 0.15) is 18.0 Å². The fraction of sp³-hybridized carbons (Fsp3) is 0.235. The van der Waals surface area contributed by atoms with Crippen molar-refractivity contribution in [3.8, 4) is 0 Å². The maximum atomic E-state index is 13.9. The summed E-state index contributed by atoms with van der Waals surface area (Å²) in [7, 11) is 0. The molecule has 0 aliphatic heterocycles. The number of nitrogens with two attached hydrogens (primary N) is 1. The molecule has 0 aliphatic rings. The molecule has 0 saturated heterocycles. The molecular weight excluding hydrogens is 654 g/mol. The maximum absolute atomic E-state index is 13.9. The molecule has 5 amide bonds. The third kappa shape index (κ3) is 9.69. The van der Waals surface area contributed by atoms with Gasteiger partial charge in [-0.05, 0) is 16.7 Å². The number of carbonyl (C=O) groups excluding carboxylic acids is 5. The summed E-state index contributed by atoms with van der Waals surface area (Å²) < 4.78 is -0.819. The van der Waals surface area contributed by atoms with Crippen molar-refractivity contribution in [2.24, 2.45) is 5.73 Å². The minimum atomic E-state index is -1.17. The summed E-state index contributed by atoms with van der Waals surface area (Å²) in [6.45, 7) is -0.848. The van der Waals surface area contributed by atoms with E-state index in [1.54, 1.807) is 0 Å². The van der Waals surface area contributed by atoms with Crippen molar-refractivity contribution < 1.29 is 24.0 Å². The molecule has 14 heteroatoms. The van der Waals surface area contributed by atoms with E-state index in [1.807, 2.05) is 91.0 Å². The molecule has 0 spiro atoms. The van der Waals surface area contributed by atoms with Crippen molar-refractivity contribution >= 4 is 52.9 Å². The van der Waals surface area contributed by atoms with Crippen LogP contribution in [-0.4, -0.2) is 76.3 Å². The lowest BCUT2D eigenvalue weighted by Crippen LogP contribution is -2.56. The van der Waals surface area contributed by atoms with Crippen LogP contribution in [0.4, 0.5) is 0 Å². The number of hydrogen-bond donors (Lipinski definition) is 6. The zero-order valence-electron chi connectivity index (χ0n) is 25.9. The number of aromatic amines is 1. The Hall–Kier alpha value is -5.14. The van der Waals surface area contributed by atoms with Gasteiger partial charge in [-0.2, -0.15) is 0 Å². The van der Waals surface area contributed by atoms with E-state index in [1.165, 1.54) is 24.3 Å². The number of amides is 5. The fourth-order valence-electron chi connectivity index (χ4n) is 4.98. The SMILES string of the molecule is NC(=O)[C@H](Cc1cnc[nH]1)NC(=O)[C@H](CSC(c1ccccc1)(c1ccccc1)c1ccccc1)NC(=O)CNC(=O)CNC(=O)CCl. The maximum Gasteiger partial charge on any atom is 0.244 e. The first kappa shape index (κ1) is 35.7. The largest absolute Gasteiger partial charge is 0.368 e. The Labute approximate surface area is 287 Å². The summed E-state index contributed by atoms with van der Waals surface area (Å²) in [5, 5.41) is 10.1. The van der Waals surface area contributed by atoms with E-state index in [4.69, 9.17) is 17.3 Å². The predicted molar refractivity (Wildman–Crippen MR) is 184 cm³/mol. The van der Waals surface area contributed by atoms with Crippen molar-refractivity contribution in [2.45, 2.75) is 23.3 Å². The fourth-order valence-corrected chi connectivity index (χ4v) is 6.64. The molecule has 2 atom stereocenters. The van der Waals surface area contributed by atoms with E-state index < -0.39 is 52.9 Å². The predicted octanol–water partition coefficient (Wildman–Crippen LogP) is 1.60. The number of rotatable bonds is 17. The standard InChI is InChI=1S/C34H36ClN7O5S/c35-17-29(43)38-19-30(44)39-20-31(45)41-28(33(47)42-27(32(36)46)16-26-18-37-22-40-26)21-48-34(23-10-4-1-5-11-23,24-12-6-2-7-13-24)25-14-8-3-9-15-25/h1-15,18,22,27-28H,16-17,19-21H2,(H2,36,46)(H,37,40)(H,38,43)(H,39,44)(H,41,45)(H,42,47)/t27-,28-/m0/s1.